The van der Waals surface area contributed by atoms with E-state index in [1.807, 2.05) is 0 Å². The van der Waals surface area contributed by atoms with Crippen molar-refractivity contribution in [3.05, 3.63) is 58.1 Å². The van der Waals surface area contributed by atoms with Gasteiger partial charge in [-0.15, -0.1) is 17.9 Å². The third-order valence-corrected chi connectivity index (χ3v) is 6.16. The molecule has 2 atom stereocenters. The minimum absolute atomic E-state index is 0.0176. The molecule has 1 unspecified atom stereocenters. The van der Waals surface area contributed by atoms with E-state index in [4.69, 9.17) is 0 Å². The van der Waals surface area contributed by atoms with Crippen LogP contribution in [0.1, 0.15) is 32.0 Å². The summed E-state index contributed by atoms with van der Waals surface area (Å²) in [5, 5.41) is 10.3. The summed E-state index contributed by atoms with van der Waals surface area (Å²) in [6.07, 6.45) is -3.64. The van der Waals surface area contributed by atoms with E-state index in [9.17, 15) is 27.2 Å². The van der Waals surface area contributed by atoms with Gasteiger partial charge in [-0.25, -0.2) is 4.39 Å². The molecule has 0 saturated heterocycles. The van der Waals surface area contributed by atoms with Crippen molar-refractivity contribution in [2.45, 2.75) is 37.4 Å². The maximum Gasteiger partial charge on any atom is 0.573 e. The van der Waals surface area contributed by atoms with Crippen molar-refractivity contribution in [2.75, 3.05) is 6.61 Å². The second kappa shape index (κ2) is 8.76. The van der Waals surface area contributed by atoms with Crippen LogP contribution in [0, 0.1) is 5.82 Å². The van der Waals surface area contributed by atoms with E-state index in [1.165, 1.54) is 6.20 Å². The highest BCUT2D eigenvalue weighted by atomic mass is 79.9. The van der Waals surface area contributed by atoms with Crippen LogP contribution in [0.2, 0.25) is 0 Å². The molecule has 0 aliphatic rings. The average Bonchev–Trinajstić information content (AvgIpc) is 2.60. The van der Waals surface area contributed by atoms with Crippen molar-refractivity contribution in [3.63, 3.8) is 0 Å². The second-order valence-electron chi connectivity index (χ2n) is 7.07. The SMILES string of the molecule is CC(C)(C)[S+]([O-])N[C@](CO)(c1ccc(OC(F)(F)F)c(F)c1)c1ncccc1Br. The Balaban J connectivity index is 2.64. The molecule has 1 heterocycles. The normalized spacial score (nSPS) is 15.7. The number of nitrogens with one attached hydrogen (secondary N) is 1. The van der Waals surface area contributed by atoms with Gasteiger partial charge >= 0.3 is 6.36 Å². The smallest absolute Gasteiger partial charge is 0.573 e. The zero-order valence-corrected chi connectivity index (χ0v) is 18.1. The number of benzene rings is 1. The Morgan fingerprint density at radius 1 is 1.24 bits per heavy atom. The molecule has 11 heteroatoms. The van der Waals surface area contributed by atoms with Crippen molar-refractivity contribution in [3.8, 4) is 5.75 Å². The second-order valence-corrected chi connectivity index (χ2v) is 9.89. The lowest BCUT2D eigenvalue weighted by atomic mass is 9.87. The Morgan fingerprint density at radius 2 is 1.90 bits per heavy atom. The fourth-order valence-corrected chi connectivity index (χ4v) is 3.92. The van der Waals surface area contributed by atoms with Gasteiger partial charge in [-0.3, -0.25) is 4.98 Å². The molecule has 2 N–H and O–H groups in total. The van der Waals surface area contributed by atoms with E-state index in [0.717, 1.165) is 18.2 Å². The third kappa shape index (κ3) is 5.60. The van der Waals surface area contributed by atoms with Gasteiger partial charge in [0.1, 0.15) is 4.75 Å². The molecule has 0 saturated carbocycles. The Morgan fingerprint density at radius 3 is 2.38 bits per heavy atom. The van der Waals surface area contributed by atoms with Crippen molar-refractivity contribution in [1.82, 2.24) is 9.71 Å². The quantitative estimate of drug-likeness (QED) is 0.461. The lowest BCUT2D eigenvalue weighted by molar-refractivity contribution is -0.275. The monoisotopic (exact) mass is 498 g/mol. The highest BCUT2D eigenvalue weighted by Gasteiger charge is 2.45. The molecule has 0 aliphatic heterocycles. The number of alkyl halides is 3. The van der Waals surface area contributed by atoms with Crippen LogP contribution in [0.3, 0.4) is 0 Å². The van der Waals surface area contributed by atoms with Crippen molar-refractivity contribution >= 4 is 27.3 Å². The molecular weight excluding hydrogens is 480 g/mol. The summed E-state index contributed by atoms with van der Waals surface area (Å²) >= 11 is 1.56. The summed E-state index contributed by atoms with van der Waals surface area (Å²) < 4.78 is 70.6. The Labute approximate surface area is 176 Å². The van der Waals surface area contributed by atoms with Crippen LogP contribution in [0.25, 0.3) is 0 Å². The van der Waals surface area contributed by atoms with Crippen LogP contribution in [0.5, 0.6) is 5.75 Å². The number of aromatic nitrogens is 1. The van der Waals surface area contributed by atoms with Gasteiger partial charge in [-0.1, -0.05) is 6.07 Å². The fraction of sp³-hybridized carbons (Fsp3) is 0.389. The highest BCUT2D eigenvalue weighted by Crippen LogP contribution is 2.37. The molecule has 0 radical (unpaired) electrons. The van der Waals surface area contributed by atoms with Gasteiger partial charge in [0.25, 0.3) is 0 Å². The Kier molecular flexibility index (Phi) is 7.21. The molecule has 0 bridgehead atoms. The van der Waals surface area contributed by atoms with E-state index in [-0.39, 0.29) is 11.3 Å². The molecule has 0 amide bonds. The zero-order chi connectivity index (χ0) is 22.0. The van der Waals surface area contributed by atoms with Crippen LogP contribution in [0.4, 0.5) is 17.6 Å². The molecule has 0 aliphatic carbocycles. The molecule has 2 rings (SSSR count). The van der Waals surface area contributed by atoms with Crippen molar-refractivity contribution in [2.24, 2.45) is 0 Å². The van der Waals surface area contributed by atoms with Gasteiger partial charge in [0.15, 0.2) is 17.1 Å². The summed E-state index contributed by atoms with van der Waals surface area (Å²) in [4.78, 5) is 4.21. The van der Waals surface area contributed by atoms with Gasteiger partial charge in [0.05, 0.1) is 12.3 Å². The van der Waals surface area contributed by atoms with Gasteiger partial charge in [-0.05, 0) is 66.5 Å². The molecule has 1 aromatic carbocycles. The van der Waals surface area contributed by atoms with Gasteiger partial charge in [-0.2, -0.15) is 0 Å². The third-order valence-electron chi connectivity index (χ3n) is 3.87. The number of aliphatic hydroxyl groups excluding tert-OH is 1. The Bertz CT molecular complexity index is 864. The molecule has 29 heavy (non-hydrogen) atoms. The number of ether oxygens (including phenoxy) is 1. The van der Waals surface area contributed by atoms with E-state index >= 15 is 0 Å². The minimum Gasteiger partial charge on any atom is -0.598 e. The standard InChI is InChI=1S/C18H19BrF4N2O3S/c1-16(2,3)29(27)25-17(10-26,15-12(19)5-4-8-24-15)11-6-7-14(13(20)9-11)28-18(21,22)23/h4-9,25-26H,10H2,1-3H3/t17-,29?/m1/s1. The zero-order valence-electron chi connectivity index (χ0n) is 15.7. The van der Waals surface area contributed by atoms with E-state index in [0.29, 0.717) is 4.47 Å². The molecule has 5 nitrogen and oxygen atoms in total. The Hall–Kier alpha value is -1.40. The first-order valence-electron chi connectivity index (χ1n) is 8.27. The lowest BCUT2D eigenvalue weighted by Crippen LogP contribution is -2.54. The molecule has 2 aromatic rings. The largest absolute Gasteiger partial charge is 0.598 e. The van der Waals surface area contributed by atoms with E-state index in [1.54, 1.807) is 32.9 Å². The summed E-state index contributed by atoms with van der Waals surface area (Å²) in [5.74, 6) is -2.32. The summed E-state index contributed by atoms with van der Waals surface area (Å²) in [6.45, 7) is 4.36. The van der Waals surface area contributed by atoms with Gasteiger partial charge in [0.2, 0.25) is 0 Å². The summed E-state index contributed by atoms with van der Waals surface area (Å²) in [6, 6.07) is 5.95. The predicted octanol–water partition coefficient (Wildman–Crippen LogP) is 4.17. The number of hydrogen-bond acceptors (Lipinski definition) is 5. The summed E-state index contributed by atoms with van der Waals surface area (Å²) in [7, 11) is 0. The van der Waals surface area contributed by atoms with Crippen LogP contribution in [-0.2, 0) is 16.9 Å². The minimum atomic E-state index is -5.06. The van der Waals surface area contributed by atoms with Crippen LogP contribution in [0.15, 0.2) is 41.0 Å². The van der Waals surface area contributed by atoms with Gasteiger partial charge < -0.3 is 14.4 Å². The maximum absolute atomic E-state index is 14.4. The molecule has 1 aromatic heterocycles. The number of nitrogens with zero attached hydrogens (tertiary/aromatic N) is 1. The number of aliphatic hydroxyl groups is 1. The first-order chi connectivity index (χ1) is 13.3. The lowest BCUT2D eigenvalue weighted by Gasteiger charge is -2.36. The van der Waals surface area contributed by atoms with E-state index in [2.05, 4.69) is 30.4 Å². The molecule has 0 fully saturated rings. The van der Waals surface area contributed by atoms with Crippen LogP contribution in [-0.4, -0.2) is 32.4 Å². The maximum atomic E-state index is 14.4. The number of hydrogen-bond donors (Lipinski definition) is 2. The van der Waals surface area contributed by atoms with Crippen molar-refractivity contribution in [1.29, 1.82) is 0 Å². The van der Waals surface area contributed by atoms with Crippen LogP contribution >= 0.6 is 15.9 Å². The topological polar surface area (TPSA) is 77.4 Å². The summed E-state index contributed by atoms with van der Waals surface area (Å²) in [5.41, 5.74) is -1.47. The van der Waals surface area contributed by atoms with E-state index < -0.39 is 46.2 Å². The van der Waals surface area contributed by atoms with Crippen LogP contribution < -0.4 is 9.46 Å². The van der Waals surface area contributed by atoms with Crippen molar-refractivity contribution < 1.29 is 32.0 Å². The first-order valence-corrected chi connectivity index (χ1v) is 10.2. The highest BCUT2D eigenvalue weighted by molar-refractivity contribution is 9.10. The molecular formula is C18H19BrF4N2O3S. The molecule has 0 spiro atoms. The number of pyridine rings is 1. The average molecular weight is 499 g/mol. The number of rotatable bonds is 6. The number of halogens is 5. The fourth-order valence-electron chi connectivity index (χ4n) is 2.43. The molecule has 160 valence electrons. The van der Waals surface area contributed by atoms with Gasteiger partial charge in [0, 0.05) is 22.0 Å². The first kappa shape index (κ1) is 23.9. The predicted molar refractivity (Wildman–Crippen MR) is 104 cm³/mol.